The van der Waals surface area contributed by atoms with Gasteiger partial charge < -0.3 is 24.8 Å². The highest BCUT2D eigenvalue weighted by Crippen LogP contribution is 2.63. The first-order chi connectivity index (χ1) is 24.8. The molecule has 0 spiro atoms. The minimum Gasteiger partial charge on any atom is -0.494 e. The fourth-order valence-corrected chi connectivity index (χ4v) is 6.90. The molecular weight excluding hydrogens is 654 g/mol. The van der Waals surface area contributed by atoms with E-state index in [1.807, 2.05) is 48.5 Å². The molecule has 0 amide bonds. The zero-order valence-corrected chi connectivity index (χ0v) is 28.4. The lowest BCUT2D eigenvalue weighted by atomic mass is 10.1. The van der Waals surface area contributed by atoms with E-state index in [0.717, 1.165) is 72.9 Å². The predicted octanol–water partition coefficient (Wildman–Crippen LogP) is 7.34. The molecule has 4 unspecified atom stereocenters. The number of aryl methyl sites for hydroxylation is 1. The highest BCUT2D eigenvalue weighted by Gasteiger charge is 2.69. The molecule has 2 aromatic carbocycles. The number of aromatic nitrogens is 2. The summed E-state index contributed by atoms with van der Waals surface area (Å²) in [5, 5.41) is 6.58. The van der Waals surface area contributed by atoms with Gasteiger partial charge in [0.1, 0.15) is 17.3 Å². The van der Waals surface area contributed by atoms with Gasteiger partial charge in [0.25, 0.3) is 5.92 Å². The Bertz CT molecular complexity index is 1810. The second-order valence-corrected chi connectivity index (χ2v) is 13.5. The number of alkyl halides is 2. The summed E-state index contributed by atoms with van der Waals surface area (Å²) in [6.07, 6.45) is 5.62. The van der Waals surface area contributed by atoms with Crippen LogP contribution in [0.25, 0.3) is 0 Å². The molecule has 2 N–H and O–H groups in total. The third-order valence-electron chi connectivity index (χ3n) is 9.84. The van der Waals surface area contributed by atoms with E-state index in [-0.39, 0.29) is 18.3 Å². The van der Waals surface area contributed by atoms with Gasteiger partial charge in [0.2, 0.25) is 0 Å². The number of benzene rings is 2. The fourth-order valence-electron chi connectivity index (χ4n) is 6.90. The van der Waals surface area contributed by atoms with Crippen molar-refractivity contribution in [2.24, 2.45) is 11.8 Å². The second kappa shape index (κ2) is 15.4. The largest absolute Gasteiger partial charge is 0.494 e. The number of fused-ring (bicyclic) bond motifs is 1. The number of hydrogen-bond acceptors (Lipinski definition) is 9. The van der Waals surface area contributed by atoms with Gasteiger partial charge in [-0.15, -0.1) is 0 Å². The van der Waals surface area contributed by atoms with Gasteiger partial charge in [-0.25, -0.2) is 13.8 Å². The van der Waals surface area contributed by atoms with Crippen LogP contribution in [-0.4, -0.2) is 54.1 Å². The van der Waals surface area contributed by atoms with E-state index in [4.69, 9.17) is 19.2 Å². The maximum absolute atomic E-state index is 14.7. The van der Waals surface area contributed by atoms with Crippen LogP contribution >= 0.6 is 0 Å². The number of nitrogens with one attached hydrogen (secondary N) is 2. The molecule has 2 saturated carbocycles. The molecule has 9 nitrogen and oxygen atoms in total. The SMILES string of the molecule is O=C(CC1CC1c1ccc(OCCc2ccc3c(n2)CCCN3)cc1)OC(=O)CC1C(c2ccc(OCCCNc3ccccn3)cc2)C1(F)F. The summed E-state index contributed by atoms with van der Waals surface area (Å²) in [6, 6.07) is 24.1. The molecular formula is C40H42F2N4O5. The molecule has 266 valence electrons. The molecule has 7 rings (SSSR count). The molecule has 3 heterocycles. The highest BCUT2D eigenvalue weighted by molar-refractivity contribution is 5.86. The molecule has 0 bridgehead atoms. The molecule has 4 atom stereocenters. The van der Waals surface area contributed by atoms with E-state index >= 15 is 0 Å². The zero-order valence-electron chi connectivity index (χ0n) is 28.4. The monoisotopic (exact) mass is 696 g/mol. The minimum absolute atomic E-state index is 0.0506. The van der Waals surface area contributed by atoms with Crippen LogP contribution in [0.5, 0.6) is 11.5 Å². The topological polar surface area (TPSA) is 112 Å². The number of esters is 2. The van der Waals surface area contributed by atoms with E-state index in [1.54, 1.807) is 30.5 Å². The Kier molecular flexibility index (Phi) is 10.4. The standard InChI is InChI=1S/C40H42F2N4O5/c41-40(42)33(39(40)27-9-14-30(15-10-27)49-21-4-20-45-36-6-1-2-18-44-36)25-38(48)51-37(47)24-28-23-32(28)26-7-12-31(13-8-26)50-22-17-29-11-16-34-35(46-29)5-3-19-43-34/h1-2,6-16,18,28,32-33,39,43H,3-5,17,19-25H2,(H,44,45). The van der Waals surface area contributed by atoms with Crippen LogP contribution in [0, 0.1) is 11.8 Å². The molecule has 0 radical (unpaired) electrons. The van der Waals surface area contributed by atoms with Gasteiger partial charge in [-0.2, -0.15) is 0 Å². The Hall–Kier alpha value is -5.06. The first-order valence-corrected chi connectivity index (χ1v) is 17.8. The first-order valence-electron chi connectivity index (χ1n) is 17.8. The van der Waals surface area contributed by atoms with E-state index in [1.165, 1.54) is 0 Å². The average molecular weight is 697 g/mol. The lowest BCUT2D eigenvalue weighted by Gasteiger charge is -2.17. The Balaban J connectivity index is 0.792. The number of hydrogen-bond donors (Lipinski definition) is 2. The second-order valence-electron chi connectivity index (χ2n) is 13.5. The molecule has 2 fully saturated rings. The van der Waals surface area contributed by atoms with E-state index in [9.17, 15) is 18.4 Å². The average Bonchev–Trinajstić information content (AvgIpc) is 4.02. The van der Waals surface area contributed by atoms with Crippen molar-refractivity contribution in [3.63, 3.8) is 0 Å². The number of pyridine rings is 2. The van der Waals surface area contributed by atoms with Crippen molar-refractivity contribution in [2.45, 2.75) is 62.7 Å². The van der Waals surface area contributed by atoms with Gasteiger partial charge in [-0.1, -0.05) is 30.3 Å². The summed E-state index contributed by atoms with van der Waals surface area (Å²) in [7, 11) is 0. The van der Waals surface area contributed by atoms with Crippen molar-refractivity contribution >= 4 is 23.4 Å². The van der Waals surface area contributed by atoms with E-state index in [0.29, 0.717) is 31.1 Å². The number of ether oxygens (including phenoxy) is 3. The Morgan fingerprint density at radius 3 is 2.39 bits per heavy atom. The fraction of sp³-hybridized carbons (Fsp3) is 0.400. The van der Waals surface area contributed by atoms with Gasteiger partial charge in [0.05, 0.1) is 36.9 Å². The quantitative estimate of drug-likeness (QED) is 0.0706. The number of nitrogens with zero attached hydrogens (tertiary/aromatic N) is 2. The lowest BCUT2D eigenvalue weighted by molar-refractivity contribution is -0.160. The van der Waals surface area contributed by atoms with Crippen molar-refractivity contribution in [1.29, 1.82) is 0 Å². The Labute approximate surface area is 296 Å². The smallest absolute Gasteiger partial charge is 0.313 e. The number of carbonyl (C=O) groups is 2. The minimum atomic E-state index is -3.05. The molecule has 1 aliphatic heterocycles. The van der Waals surface area contributed by atoms with Crippen molar-refractivity contribution in [3.05, 3.63) is 108 Å². The number of carbonyl (C=O) groups excluding carboxylic acids is 2. The van der Waals surface area contributed by atoms with Crippen LogP contribution in [-0.2, 0) is 27.2 Å². The predicted molar refractivity (Wildman–Crippen MR) is 188 cm³/mol. The highest BCUT2D eigenvalue weighted by atomic mass is 19.3. The molecule has 11 heteroatoms. The Morgan fingerprint density at radius 1 is 0.882 bits per heavy atom. The van der Waals surface area contributed by atoms with Crippen LogP contribution in [0.15, 0.2) is 85.1 Å². The van der Waals surface area contributed by atoms with Gasteiger partial charge in [0.15, 0.2) is 0 Å². The molecule has 2 aliphatic carbocycles. The molecule has 4 aromatic rings. The normalized spacial score (nSPS) is 21.1. The van der Waals surface area contributed by atoms with Gasteiger partial charge in [-0.05, 0) is 97.2 Å². The molecule has 3 aliphatic rings. The van der Waals surface area contributed by atoms with Crippen molar-refractivity contribution < 1.29 is 32.6 Å². The third kappa shape index (κ3) is 8.82. The van der Waals surface area contributed by atoms with Crippen molar-refractivity contribution in [1.82, 2.24) is 9.97 Å². The van der Waals surface area contributed by atoms with Crippen LogP contribution in [0.1, 0.15) is 66.5 Å². The summed E-state index contributed by atoms with van der Waals surface area (Å²) in [4.78, 5) is 34.0. The van der Waals surface area contributed by atoms with Gasteiger partial charge in [-0.3, -0.25) is 14.6 Å². The number of rotatable bonds is 16. The summed E-state index contributed by atoms with van der Waals surface area (Å²) in [6.45, 7) is 2.65. The lowest BCUT2D eigenvalue weighted by Crippen LogP contribution is -2.14. The van der Waals surface area contributed by atoms with Crippen LogP contribution in [0.3, 0.4) is 0 Å². The van der Waals surface area contributed by atoms with Crippen LogP contribution in [0.2, 0.25) is 0 Å². The van der Waals surface area contributed by atoms with Gasteiger partial charge in [0, 0.05) is 43.7 Å². The molecule has 0 saturated heterocycles. The van der Waals surface area contributed by atoms with E-state index in [2.05, 4.69) is 21.7 Å². The van der Waals surface area contributed by atoms with Crippen LogP contribution in [0.4, 0.5) is 20.3 Å². The molecule has 2 aromatic heterocycles. The number of halogens is 2. The summed E-state index contributed by atoms with van der Waals surface area (Å²) < 4.78 is 46.1. The summed E-state index contributed by atoms with van der Waals surface area (Å²) >= 11 is 0. The Morgan fingerprint density at radius 2 is 1.63 bits per heavy atom. The van der Waals surface area contributed by atoms with Crippen LogP contribution < -0.4 is 20.1 Å². The molecule has 51 heavy (non-hydrogen) atoms. The number of anilines is 2. The van der Waals surface area contributed by atoms with Crippen molar-refractivity contribution in [2.75, 3.05) is 36.9 Å². The van der Waals surface area contributed by atoms with Crippen molar-refractivity contribution in [3.8, 4) is 11.5 Å². The summed E-state index contributed by atoms with van der Waals surface area (Å²) in [5.74, 6) is -4.56. The first kappa shape index (κ1) is 34.4. The maximum atomic E-state index is 14.7. The third-order valence-corrected chi connectivity index (χ3v) is 9.84. The van der Waals surface area contributed by atoms with E-state index < -0.39 is 36.1 Å². The maximum Gasteiger partial charge on any atom is 0.313 e. The van der Waals surface area contributed by atoms with Gasteiger partial charge >= 0.3 is 11.9 Å². The summed E-state index contributed by atoms with van der Waals surface area (Å²) in [5.41, 5.74) is 4.77. The zero-order chi connectivity index (χ0) is 35.2.